The van der Waals surface area contributed by atoms with Crippen molar-refractivity contribution in [3.8, 4) is 0 Å². The Hall–Kier alpha value is 0.177. The third kappa shape index (κ3) is 3.43. The van der Waals surface area contributed by atoms with E-state index in [-0.39, 0.29) is 0 Å². The molecule has 1 aliphatic heterocycles. The van der Waals surface area contributed by atoms with Crippen molar-refractivity contribution >= 4 is 8.07 Å². The molecule has 1 fully saturated rings. The van der Waals surface area contributed by atoms with E-state index >= 15 is 0 Å². The summed E-state index contributed by atoms with van der Waals surface area (Å²) in [6, 6.07) is 0.881. The number of nitrogens with zero attached hydrogens (tertiary/aromatic N) is 1. The van der Waals surface area contributed by atoms with Crippen molar-refractivity contribution in [2.24, 2.45) is 5.92 Å². The fourth-order valence-corrected chi connectivity index (χ4v) is 4.02. The SMILES string of the molecule is CC(C)C1CCCN1C[Si](C)(C)C. The number of likely N-dealkylation sites (tertiary alicyclic amines) is 1. The summed E-state index contributed by atoms with van der Waals surface area (Å²) in [4.78, 5) is 2.75. The highest BCUT2D eigenvalue weighted by Gasteiger charge is 2.30. The monoisotopic (exact) mass is 199 g/mol. The van der Waals surface area contributed by atoms with E-state index in [2.05, 4.69) is 38.4 Å². The first-order valence-electron chi connectivity index (χ1n) is 5.64. The number of hydrogen-bond donors (Lipinski definition) is 0. The standard InChI is InChI=1S/C11H25NSi/c1-10(2)11-7-6-8-12(11)9-13(3,4)5/h10-11H,6-9H2,1-5H3. The maximum Gasteiger partial charge on any atom is 0.0599 e. The van der Waals surface area contributed by atoms with Crippen LogP contribution in [0.4, 0.5) is 0 Å². The Morgan fingerprint density at radius 2 is 1.92 bits per heavy atom. The van der Waals surface area contributed by atoms with Gasteiger partial charge in [-0.25, -0.2) is 0 Å². The molecular formula is C11H25NSi. The lowest BCUT2D eigenvalue weighted by atomic mass is 10.0. The van der Waals surface area contributed by atoms with Crippen LogP contribution in [0.15, 0.2) is 0 Å². The van der Waals surface area contributed by atoms with Gasteiger partial charge in [0.1, 0.15) is 0 Å². The van der Waals surface area contributed by atoms with E-state index in [1.54, 1.807) is 0 Å². The van der Waals surface area contributed by atoms with Crippen LogP contribution >= 0.6 is 0 Å². The van der Waals surface area contributed by atoms with Gasteiger partial charge in [-0.15, -0.1) is 0 Å². The molecule has 0 amide bonds. The maximum absolute atomic E-state index is 2.75. The van der Waals surface area contributed by atoms with Crippen molar-refractivity contribution in [2.45, 2.75) is 52.4 Å². The summed E-state index contributed by atoms with van der Waals surface area (Å²) < 4.78 is 0. The molecule has 0 aliphatic carbocycles. The highest BCUT2D eigenvalue weighted by molar-refractivity contribution is 6.76. The fourth-order valence-electron chi connectivity index (χ4n) is 2.41. The van der Waals surface area contributed by atoms with Crippen LogP contribution in [-0.2, 0) is 0 Å². The first-order chi connectivity index (χ1) is 5.90. The molecule has 1 unspecified atom stereocenters. The summed E-state index contributed by atoms with van der Waals surface area (Å²) in [5.74, 6) is 0.846. The van der Waals surface area contributed by atoms with Gasteiger partial charge in [-0.1, -0.05) is 33.5 Å². The predicted molar refractivity (Wildman–Crippen MR) is 62.8 cm³/mol. The van der Waals surface area contributed by atoms with E-state index < -0.39 is 8.07 Å². The summed E-state index contributed by atoms with van der Waals surface area (Å²) in [6.45, 7) is 13.5. The lowest BCUT2D eigenvalue weighted by Gasteiger charge is -2.32. The minimum absolute atomic E-state index is 0.846. The number of rotatable bonds is 3. The van der Waals surface area contributed by atoms with Crippen LogP contribution in [0.1, 0.15) is 26.7 Å². The zero-order valence-corrected chi connectivity index (χ0v) is 10.9. The quantitative estimate of drug-likeness (QED) is 0.632. The summed E-state index contributed by atoms with van der Waals surface area (Å²) in [7, 11) is -0.884. The lowest BCUT2D eigenvalue weighted by molar-refractivity contribution is 0.234. The van der Waals surface area contributed by atoms with E-state index in [1.165, 1.54) is 25.6 Å². The zero-order chi connectivity index (χ0) is 10.1. The zero-order valence-electron chi connectivity index (χ0n) is 9.93. The molecule has 0 spiro atoms. The third-order valence-electron chi connectivity index (χ3n) is 2.86. The topological polar surface area (TPSA) is 3.24 Å². The average molecular weight is 199 g/mol. The minimum atomic E-state index is -0.884. The fraction of sp³-hybridized carbons (Fsp3) is 1.00. The summed E-state index contributed by atoms with van der Waals surface area (Å²) in [5.41, 5.74) is 0. The molecule has 0 saturated carbocycles. The van der Waals surface area contributed by atoms with Gasteiger partial charge >= 0.3 is 0 Å². The van der Waals surface area contributed by atoms with E-state index in [0.717, 1.165) is 12.0 Å². The normalized spacial score (nSPS) is 25.8. The van der Waals surface area contributed by atoms with Crippen LogP contribution in [0.3, 0.4) is 0 Å². The highest BCUT2D eigenvalue weighted by atomic mass is 28.3. The van der Waals surface area contributed by atoms with Gasteiger partial charge in [0, 0.05) is 6.04 Å². The summed E-state index contributed by atoms with van der Waals surface area (Å²) in [6.07, 6.45) is 4.26. The van der Waals surface area contributed by atoms with Gasteiger partial charge in [-0.05, 0) is 31.5 Å². The Morgan fingerprint density at radius 1 is 1.31 bits per heavy atom. The molecule has 2 heteroatoms. The van der Waals surface area contributed by atoms with Gasteiger partial charge in [0.05, 0.1) is 8.07 Å². The highest BCUT2D eigenvalue weighted by Crippen LogP contribution is 2.24. The van der Waals surface area contributed by atoms with Gasteiger partial charge in [0.25, 0.3) is 0 Å². The van der Waals surface area contributed by atoms with Gasteiger partial charge in [-0.2, -0.15) is 0 Å². The van der Waals surface area contributed by atoms with Crippen molar-refractivity contribution in [3.63, 3.8) is 0 Å². The molecule has 1 rings (SSSR count). The Labute approximate surface area is 84.5 Å². The maximum atomic E-state index is 2.75. The summed E-state index contributed by atoms with van der Waals surface area (Å²) >= 11 is 0. The van der Waals surface area contributed by atoms with E-state index in [9.17, 15) is 0 Å². The second-order valence-corrected chi connectivity index (χ2v) is 11.4. The number of hydrogen-bond acceptors (Lipinski definition) is 1. The third-order valence-corrected chi connectivity index (χ3v) is 4.22. The molecule has 78 valence electrons. The van der Waals surface area contributed by atoms with Crippen molar-refractivity contribution in [2.75, 3.05) is 12.7 Å². The van der Waals surface area contributed by atoms with Crippen LogP contribution in [0.25, 0.3) is 0 Å². The molecule has 13 heavy (non-hydrogen) atoms. The molecule has 0 bridgehead atoms. The Kier molecular flexibility index (Phi) is 3.58. The molecule has 1 heterocycles. The molecule has 0 aromatic rings. The predicted octanol–water partition coefficient (Wildman–Crippen LogP) is 2.98. The van der Waals surface area contributed by atoms with Crippen LogP contribution in [0.2, 0.25) is 19.6 Å². The average Bonchev–Trinajstić information content (AvgIpc) is 2.31. The largest absolute Gasteiger partial charge is 0.303 e. The Bertz CT molecular complexity index is 160. The molecule has 1 saturated heterocycles. The molecule has 1 aliphatic rings. The van der Waals surface area contributed by atoms with Crippen LogP contribution in [0.5, 0.6) is 0 Å². The van der Waals surface area contributed by atoms with Gasteiger partial charge in [0.2, 0.25) is 0 Å². The molecule has 0 aromatic carbocycles. The lowest BCUT2D eigenvalue weighted by Crippen LogP contribution is -2.44. The van der Waals surface area contributed by atoms with Crippen molar-refractivity contribution < 1.29 is 0 Å². The smallest absolute Gasteiger partial charge is 0.0599 e. The van der Waals surface area contributed by atoms with E-state index in [4.69, 9.17) is 0 Å². The second-order valence-electron chi connectivity index (χ2n) is 5.98. The molecular weight excluding hydrogens is 174 g/mol. The van der Waals surface area contributed by atoms with Gasteiger partial charge in [-0.3, -0.25) is 0 Å². The van der Waals surface area contributed by atoms with E-state index in [1.807, 2.05) is 0 Å². The Balaban J connectivity index is 2.49. The van der Waals surface area contributed by atoms with Crippen molar-refractivity contribution in [1.29, 1.82) is 0 Å². The first kappa shape index (κ1) is 11.3. The molecule has 0 aromatic heterocycles. The first-order valence-corrected chi connectivity index (χ1v) is 9.35. The van der Waals surface area contributed by atoms with E-state index in [0.29, 0.717) is 0 Å². The van der Waals surface area contributed by atoms with Crippen molar-refractivity contribution in [1.82, 2.24) is 4.90 Å². The van der Waals surface area contributed by atoms with Crippen molar-refractivity contribution in [3.05, 3.63) is 0 Å². The summed E-state index contributed by atoms with van der Waals surface area (Å²) in [5, 5.41) is 0. The second kappa shape index (κ2) is 4.14. The van der Waals surface area contributed by atoms with Gasteiger partial charge < -0.3 is 4.90 Å². The van der Waals surface area contributed by atoms with Crippen LogP contribution in [-0.4, -0.2) is 31.7 Å². The molecule has 1 atom stereocenters. The van der Waals surface area contributed by atoms with Crippen LogP contribution in [0, 0.1) is 5.92 Å². The molecule has 0 N–H and O–H groups in total. The van der Waals surface area contributed by atoms with Gasteiger partial charge in [0.15, 0.2) is 0 Å². The molecule has 0 radical (unpaired) electrons. The molecule has 1 nitrogen and oxygen atoms in total. The Morgan fingerprint density at radius 3 is 2.38 bits per heavy atom. The minimum Gasteiger partial charge on any atom is -0.303 e. The van der Waals surface area contributed by atoms with Crippen LogP contribution < -0.4 is 0 Å².